The molecule has 21 heavy (non-hydrogen) atoms. The number of carbonyl (C=O) groups excluding carboxylic acids is 2. The molecule has 0 unspecified atom stereocenters. The van der Waals surface area contributed by atoms with Crippen molar-refractivity contribution < 1.29 is 14.0 Å². The third-order valence-corrected chi connectivity index (χ3v) is 3.67. The second-order valence-corrected chi connectivity index (χ2v) is 5.30. The van der Waals surface area contributed by atoms with Crippen molar-refractivity contribution in [3.8, 4) is 0 Å². The van der Waals surface area contributed by atoms with E-state index in [4.69, 9.17) is 11.6 Å². The monoisotopic (exact) mass is 313 g/mol. The molecule has 1 aromatic rings. The Hall–Kier alpha value is -1.82. The van der Waals surface area contributed by atoms with E-state index in [1.807, 2.05) is 0 Å². The van der Waals surface area contributed by atoms with Gasteiger partial charge in [-0.15, -0.1) is 0 Å². The molecule has 1 fully saturated rings. The number of carbonyl (C=O) groups is 2. The topological polar surface area (TPSA) is 52.7 Å². The Morgan fingerprint density at radius 2 is 1.86 bits per heavy atom. The van der Waals surface area contributed by atoms with Gasteiger partial charge in [0.1, 0.15) is 5.82 Å². The van der Waals surface area contributed by atoms with E-state index < -0.39 is 5.82 Å². The van der Waals surface area contributed by atoms with Crippen molar-refractivity contribution in [2.75, 3.05) is 38.0 Å². The van der Waals surface area contributed by atoms with E-state index in [0.717, 1.165) is 0 Å². The maximum atomic E-state index is 13.6. The van der Waals surface area contributed by atoms with Gasteiger partial charge in [0.15, 0.2) is 0 Å². The molecule has 2 amide bonds. The average Bonchev–Trinajstić information content (AvgIpc) is 2.46. The summed E-state index contributed by atoms with van der Waals surface area (Å²) in [5.74, 6) is -0.590. The molecule has 5 nitrogen and oxygen atoms in total. The number of nitrogens with zero attached hydrogens (tertiary/aromatic N) is 2. The lowest BCUT2D eigenvalue weighted by molar-refractivity contribution is -0.137. The van der Waals surface area contributed by atoms with Crippen molar-refractivity contribution in [1.82, 2.24) is 9.80 Å². The summed E-state index contributed by atoms with van der Waals surface area (Å²) in [5, 5.41) is 3.08. The Morgan fingerprint density at radius 3 is 2.43 bits per heavy atom. The smallest absolute Gasteiger partial charge is 0.241 e. The minimum atomic E-state index is -0.489. The van der Waals surface area contributed by atoms with Gasteiger partial charge < -0.3 is 15.1 Å². The third kappa shape index (κ3) is 4.07. The second-order valence-electron chi connectivity index (χ2n) is 4.86. The summed E-state index contributed by atoms with van der Waals surface area (Å²) >= 11 is 5.67. The molecule has 114 valence electrons. The molecule has 0 aromatic heterocycles. The number of nitrogens with one attached hydrogen (secondary N) is 1. The molecule has 1 aliphatic rings. The Balaban J connectivity index is 1.84. The number of hydrogen-bond acceptors (Lipinski definition) is 3. The molecule has 1 aromatic carbocycles. The summed E-state index contributed by atoms with van der Waals surface area (Å²) in [7, 11) is 0. The van der Waals surface area contributed by atoms with Crippen LogP contribution in [0.4, 0.5) is 10.1 Å². The maximum absolute atomic E-state index is 13.6. The zero-order valence-corrected chi connectivity index (χ0v) is 12.5. The van der Waals surface area contributed by atoms with Crippen LogP contribution in [0.25, 0.3) is 0 Å². The molecule has 0 spiro atoms. The summed E-state index contributed by atoms with van der Waals surface area (Å²) in [6, 6.07) is 4.25. The van der Waals surface area contributed by atoms with Crippen molar-refractivity contribution in [1.29, 1.82) is 0 Å². The highest BCUT2D eigenvalue weighted by molar-refractivity contribution is 6.30. The summed E-state index contributed by atoms with van der Waals surface area (Å²) in [6.45, 7) is 3.61. The highest BCUT2D eigenvalue weighted by Gasteiger charge is 2.22. The fourth-order valence-corrected chi connectivity index (χ4v) is 2.35. The van der Waals surface area contributed by atoms with E-state index in [0.29, 0.717) is 31.2 Å². The normalized spacial score (nSPS) is 15.0. The van der Waals surface area contributed by atoms with Crippen LogP contribution in [0.2, 0.25) is 5.02 Å². The molecular formula is C14H17ClFN3O2. The van der Waals surface area contributed by atoms with E-state index in [-0.39, 0.29) is 24.0 Å². The zero-order chi connectivity index (χ0) is 15.4. The molecule has 1 heterocycles. The quantitative estimate of drug-likeness (QED) is 0.922. The van der Waals surface area contributed by atoms with Gasteiger partial charge in [-0.2, -0.15) is 0 Å². The van der Waals surface area contributed by atoms with Crippen LogP contribution in [0.1, 0.15) is 6.92 Å². The lowest BCUT2D eigenvalue weighted by atomic mass is 10.3. The first-order valence-electron chi connectivity index (χ1n) is 6.69. The third-order valence-electron chi connectivity index (χ3n) is 3.44. The van der Waals surface area contributed by atoms with Gasteiger partial charge in [0.25, 0.3) is 0 Å². The molecule has 0 saturated carbocycles. The predicted octanol–water partition coefficient (Wildman–Crippen LogP) is 1.58. The predicted molar refractivity (Wildman–Crippen MR) is 78.7 cm³/mol. The molecule has 0 atom stereocenters. The Labute approximate surface area is 127 Å². The molecule has 1 N–H and O–H groups in total. The molecule has 1 saturated heterocycles. The van der Waals surface area contributed by atoms with Crippen LogP contribution in [0.5, 0.6) is 0 Å². The van der Waals surface area contributed by atoms with Crippen LogP contribution in [0.15, 0.2) is 18.2 Å². The second kappa shape index (κ2) is 6.76. The highest BCUT2D eigenvalue weighted by atomic mass is 35.5. The van der Waals surface area contributed by atoms with Gasteiger partial charge in [-0.3, -0.25) is 9.59 Å². The van der Waals surface area contributed by atoms with Crippen molar-refractivity contribution in [3.05, 3.63) is 29.0 Å². The fraction of sp³-hybridized carbons (Fsp3) is 0.429. The van der Waals surface area contributed by atoms with Crippen LogP contribution in [-0.2, 0) is 9.59 Å². The van der Waals surface area contributed by atoms with Crippen molar-refractivity contribution in [3.63, 3.8) is 0 Å². The molecule has 2 rings (SSSR count). The van der Waals surface area contributed by atoms with E-state index in [1.165, 1.54) is 19.1 Å². The average molecular weight is 314 g/mol. The highest BCUT2D eigenvalue weighted by Crippen LogP contribution is 2.18. The number of benzene rings is 1. The van der Waals surface area contributed by atoms with Gasteiger partial charge in [0.2, 0.25) is 11.8 Å². The first-order valence-corrected chi connectivity index (χ1v) is 7.07. The molecule has 0 radical (unpaired) electrons. The van der Waals surface area contributed by atoms with Gasteiger partial charge in [-0.25, -0.2) is 4.39 Å². The number of anilines is 1. The number of hydrogen-bond donors (Lipinski definition) is 1. The van der Waals surface area contributed by atoms with E-state index >= 15 is 0 Å². The van der Waals surface area contributed by atoms with Crippen LogP contribution in [0.3, 0.4) is 0 Å². The Kier molecular flexibility index (Phi) is 5.01. The lowest BCUT2D eigenvalue weighted by Gasteiger charge is -2.34. The SMILES string of the molecule is CC(=O)N1CCN(C(=O)CNc2ccc(Cl)cc2F)CC1. The molecule has 1 aliphatic heterocycles. The first-order chi connectivity index (χ1) is 9.97. The number of amides is 2. The van der Waals surface area contributed by atoms with Gasteiger partial charge >= 0.3 is 0 Å². The summed E-state index contributed by atoms with van der Waals surface area (Å²) < 4.78 is 13.6. The first kappa shape index (κ1) is 15.6. The largest absolute Gasteiger partial charge is 0.374 e. The fourth-order valence-electron chi connectivity index (χ4n) is 2.19. The Bertz CT molecular complexity index is 545. The standard InChI is InChI=1S/C14H17ClFN3O2/c1-10(20)18-4-6-19(7-5-18)14(21)9-17-13-3-2-11(15)8-12(13)16/h2-3,8,17H,4-7,9H2,1H3. The summed E-state index contributed by atoms with van der Waals surface area (Å²) in [6.07, 6.45) is 0. The minimum absolute atomic E-state index is 0.0125. The zero-order valence-electron chi connectivity index (χ0n) is 11.7. The summed E-state index contributed by atoms with van der Waals surface area (Å²) in [4.78, 5) is 26.6. The number of piperazine rings is 1. The van der Waals surface area contributed by atoms with Crippen molar-refractivity contribution in [2.45, 2.75) is 6.92 Å². The molecule has 0 bridgehead atoms. The van der Waals surface area contributed by atoms with Crippen LogP contribution in [0, 0.1) is 5.82 Å². The van der Waals surface area contributed by atoms with Crippen molar-refractivity contribution >= 4 is 29.1 Å². The molecule has 7 heteroatoms. The number of halogens is 2. The van der Waals surface area contributed by atoms with E-state index in [1.54, 1.807) is 15.9 Å². The Morgan fingerprint density at radius 1 is 1.24 bits per heavy atom. The van der Waals surface area contributed by atoms with E-state index in [2.05, 4.69) is 5.32 Å². The van der Waals surface area contributed by atoms with Crippen LogP contribution in [-0.4, -0.2) is 54.3 Å². The van der Waals surface area contributed by atoms with Crippen molar-refractivity contribution in [2.24, 2.45) is 0 Å². The van der Waals surface area contributed by atoms with Gasteiger partial charge in [0, 0.05) is 38.1 Å². The van der Waals surface area contributed by atoms with Crippen LogP contribution < -0.4 is 5.32 Å². The number of rotatable bonds is 3. The lowest BCUT2D eigenvalue weighted by Crippen LogP contribution is -2.51. The molecule has 0 aliphatic carbocycles. The minimum Gasteiger partial charge on any atom is -0.374 e. The molecular weight excluding hydrogens is 297 g/mol. The van der Waals surface area contributed by atoms with Gasteiger partial charge in [0.05, 0.1) is 12.2 Å². The van der Waals surface area contributed by atoms with Crippen LogP contribution >= 0.6 is 11.6 Å². The van der Waals surface area contributed by atoms with E-state index in [9.17, 15) is 14.0 Å². The van der Waals surface area contributed by atoms with Gasteiger partial charge in [-0.05, 0) is 18.2 Å². The van der Waals surface area contributed by atoms with Gasteiger partial charge in [-0.1, -0.05) is 11.6 Å². The summed E-state index contributed by atoms with van der Waals surface area (Å²) in [5.41, 5.74) is 0.245. The maximum Gasteiger partial charge on any atom is 0.241 e.